The van der Waals surface area contributed by atoms with E-state index in [1.165, 1.54) is 0 Å². The molecule has 0 aromatic rings. The highest BCUT2D eigenvalue weighted by Gasteiger charge is 2.13. The maximum Gasteiger partial charge on any atom is 0.222 e. The average Bonchev–Trinajstić information content (AvgIpc) is 2.57. The third-order valence-corrected chi connectivity index (χ3v) is 3.57. The van der Waals surface area contributed by atoms with Gasteiger partial charge in [-0.15, -0.1) is 0 Å². The van der Waals surface area contributed by atoms with Crippen LogP contribution in [-0.4, -0.2) is 83.3 Å². The lowest BCUT2D eigenvalue weighted by atomic mass is 10.2. The molecule has 1 rings (SSSR count). The molecule has 1 saturated heterocycles. The van der Waals surface area contributed by atoms with E-state index in [4.69, 9.17) is 24.7 Å². The van der Waals surface area contributed by atoms with Gasteiger partial charge in [-0.1, -0.05) is 6.42 Å². The first-order valence-electron chi connectivity index (χ1n) is 8.63. The summed E-state index contributed by atoms with van der Waals surface area (Å²) in [7, 11) is 0. The molecule has 1 fully saturated rings. The number of rotatable bonds is 5. The molecule has 1 heterocycles. The summed E-state index contributed by atoms with van der Waals surface area (Å²) in [5.74, 6) is 0.158. The summed E-state index contributed by atoms with van der Waals surface area (Å²) >= 11 is 0. The first-order valence-corrected chi connectivity index (χ1v) is 8.63. The monoisotopic (exact) mass is 332 g/mol. The highest BCUT2D eigenvalue weighted by molar-refractivity contribution is 5.76. The average molecular weight is 332 g/mol. The van der Waals surface area contributed by atoms with E-state index in [0.29, 0.717) is 78.9 Å². The summed E-state index contributed by atoms with van der Waals surface area (Å²) < 4.78 is 21.8. The van der Waals surface area contributed by atoms with Crippen molar-refractivity contribution in [2.45, 2.75) is 25.7 Å². The molecule has 1 aliphatic heterocycles. The zero-order chi connectivity index (χ0) is 16.6. The minimum absolute atomic E-state index is 0.158. The van der Waals surface area contributed by atoms with Gasteiger partial charge in [-0.05, 0) is 19.4 Å². The maximum absolute atomic E-state index is 12.3. The molecule has 0 aromatic heterocycles. The van der Waals surface area contributed by atoms with E-state index in [1.807, 2.05) is 4.90 Å². The van der Waals surface area contributed by atoms with Crippen molar-refractivity contribution in [2.75, 3.05) is 72.5 Å². The zero-order valence-electron chi connectivity index (χ0n) is 14.2. The van der Waals surface area contributed by atoms with Crippen LogP contribution in [0.4, 0.5) is 0 Å². The van der Waals surface area contributed by atoms with Gasteiger partial charge in [-0.25, -0.2) is 0 Å². The van der Waals surface area contributed by atoms with Crippen molar-refractivity contribution in [1.82, 2.24) is 4.90 Å². The summed E-state index contributed by atoms with van der Waals surface area (Å²) in [6.07, 6.45) is 3.42. The maximum atomic E-state index is 12.3. The fourth-order valence-corrected chi connectivity index (χ4v) is 2.23. The second-order valence-corrected chi connectivity index (χ2v) is 5.43. The topological polar surface area (TPSA) is 83.3 Å². The molecule has 0 unspecified atom stereocenters. The molecule has 0 aliphatic carbocycles. The largest absolute Gasteiger partial charge is 0.377 e. The summed E-state index contributed by atoms with van der Waals surface area (Å²) in [6, 6.07) is 0. The quantitative estimate of drug-likeness (QED) is 0.735. The van der Waals surface area contributed by atoms with Gasteiger partial charge >= 0.3 is 0 Å². The second-order valence-electron chi connectivity index (χ2n) is 5.43. The van der Waals surface area contributed by atoms with Gasteiger partial charge in [0.1, 0.15) is 0 Å². The highest BCUT2D eigenvalue weighted by Crippen LogP contribution is 2.03. The number of nitrogens with zero attached hydrogens (tertiary/aromatic N) is 1. The van der Waals surface area contributed by atoms with E-state index in [2.05, 4.69) is 0 Å². The van der Waals surface area contributed by atoms with Gasteiger partial charge in [-0.3, -0.25) is 4.79 Å². The van der Waals surface area contributed by atoms with Crippen molar-refractivity contribution in [3.63, 3.8) is 0 Å². The minimum Gasteiger partial charge on any atom is -0.377 e. The van der Waals surface area contributed by atoms with Crippen LogP contribution in [0.5, 0.6) is 0 Å². The van der Waals surface area contributed by atoms with E-state index in [1.54, 1.807) is 0 Å². The fourth-order valence-electron chi connectivity index (χ4n) is 2.23. The lowest BCUT2D eigenvalue weighted by Crippen LogP contribution is -2.37. The van der Waals surface area contributed by atoms with Crippen LogP contribution >= 0.6 is 0 Å². The van der Waals surface area contributed by atoms with E-state index in [9.17, 15) is 4.79 Å². The van der Waals surface area contributed by atoms with Crippen molar-refractivity contribution in [3.8, 4) is 0 Å². The molecular formula is C16H32N2O5. The lowest BCUT2D eigenvalue weighted by Gasteiger charge is -2.22. The number of ether oxygens (including phenoxy) is 4. The van der Waals surface area contributed by atoms with E-state index in [-0.39, 0.29) is 5.91 Å². The molecule has 136 valence electrons. The molecule has 1 amide bonds. The third kappa shape index (κ3) is 11.4. The summed E-state index contributed by atoms with van der Waals surface area (Å²) in [4.78, 5) is 14.1. The van der Waals surface area contributed by atoms with Crippen LogP contribution in [0, 0.1) is 0 Å². The number of amides is 1. The predicted octanol–water partition coefficient (Wildman–Crippen LogP) is 0.414. The van der Waals surface area contributed by atoms with Crippen LogP contribution in [0.15, 0.2) is 0 Å². The molecule has 0 radical (unpaired) electrons. The molecule has 0 aromatic carbocycles. The summed E-state index contributed by atoms with van der Waals surface area (Å²) in [5, 5.41) is 0. The van der Waals surface area contributed by atoms with Crippen molar-refractivity contribution in [1.29, 1.82) is 0 Å². The SMILES string of the molecule is NCCCCCC(=O)N1CCOCCOCCOCCOCC1. The molecule has 7 heteroatoms. The normalized spacial score (nSPS) is 19.8. The number of hydrogen-bond donors (Lipinski definition) is 1. The molecular weight excluding hydrogens is 300 g/mol. The molecule has 0 atom stereocenters. The molecule has 0 saturated carbocycles. The Bertz CT molecular complexity index is 276. The van der Waals surface area contributed by atoms with Crippen LogP contribution in [-0.2, 0) is 23.7 Å². The van der Waals surface area contributed by atoms with Gasteiger partial charge in [0.2, 0.25) is 5.91 Å². The Kier molecular flexibility index (Phi) is 13.1. The van der Waals surface area contributed by atoms with Gasteiger partial charge in [0.05, 0.1) is 52.9 Å². The number of carbonyl (C=O) groups is 1. The van der Waals surface area contributed by atoms with Gasteiger partial charge in [0, 0.05) is 19.5 Å². The number of carbonyl (C=O) groups excluding carboxylic acids is 1. The number of nitrogens with two attached hydrogens (primary N) is 1. The molecule has 0 bridgehead atoms. The first-order chi connectivity index (χ1) is 11.3. The zero-order valence-corrected chi connectivity index (χ0v) is 14.2. The fraction of sp³-hybridized carbons (Fsp3) is 0.938. The van der Waals surface area contributed by atoms with E-state index >= 15 is 0 Å². The third-order valence-electron chi connectivity index (χ3n) is 3.57. The molecule has 2 N–H and O–H groups in total. The van der Waals surface area contributed by atoms with Gasteiger partial charge in [0.25, 0.3) is 0 Å². The van der Waals surface area contributed by atoms with E-state index in [0.717, 1.165) is 19.3 Å². The van der Waals surface area contributed by atoms with Gasteiger partial charge in [0.15, 0.2) is 0 Å². The van der Waals surface area contributed by atoms with Crippen molar-refractivity contribution < 1.29 is 23.7 Å². The Morgan fingerprint density at radius 3 is 1.70 bits per heavy atom. The molecule has 1 aliphatic rings. The van der Waals surface area contributed by atoms with Gasteiger partial charge < -0.3 is 29.6 Å². The number of unbranched alkanes of at least 4 members (excludes halogenated alkanes) is 2. The lowest BCUT2D eigenvalue weighted by molar-refractivity contribution is -0.133. The van der Waals surface area contributed by atoms with Crippen LogP contribution in [0.3, 0.4) is 0 Å². The molecule has 0 spiro atoms. The standard InChI is InChI=1S/C16H32N2O5/c17-5-3-1-2-4-16(19)18-6-8-20-10-12-22-14-15-23-13-11-21-9-7-18/h1-15,17H2. The van der Waals surface area contributed by atoms with Crippen LogP contribution in [0.1, 0.15) is 25.7 Å². The van der Waals surface area contributed by atoms with Crippen LogP contribution < -0.4 is 5.73 Å². The Balaban J connectivity index is 2.31. The van der Waals surface area contributed by atoms with Crippen molar-refractivity contribution in [2.24, 2.45) is 5.73 Å². The smallest absolute Gasteiger partial charge is 0.222 e. The number of hydrogen-bond acceptors (Lipinski definition) is 6. The predicted molar refractivity (Wildman–Crippen MR) is 87.4 cm³/mol. The van der Waals surface area contributed by atoms with Crippen LogP contribution in [0.25, 0.3) is 0 Å². The Morgan fingerprint density at radius 2 is 1.22 bits per heavy atom. The Labute approximate surface area is 139 Å². The highest BCUT2D eigenvalue weighted by atomic mass is 16.6. The van der Waals surface area contributed by atoms with Gasteiger partial charge in [-0.2, -0.15) is 0 Å². The second kappa shape index (κ2) is 14.8. The molecule has 23 heavy (non-hydrogen) atoms. The Hall–Kier alpha value is -0.730. The van der Waals surface area contributed by atoms with Crippen LogP contribution in [0.2, 0.25) is 0 Å². The summed E-state index contributed by atoms with van der Waals surface area (Å²) in [5.41, 5.74) is 5.47. The molecule has 7 nitrogen and oxygen atoms in total. The minimum atomic E-state index is 0.158. The first kappa shape index (κ1) is 20.3. The van der Waals surface area contributed by atoms with E-state index < -0.39 is 0 Å². The Morgan fingerprint density at radius 1 is 0.739 bits per heavy atom. The summed E-state index contributed by atoms with van der Waals surface area (Å²) in [6.45, 7) is 6.22. The van der Waals surface area contributed by atoms with Crippen molar-refractivity contribution >= 4 is 5.91 Å². The van der Waals surface area contributed by atoms with Crippen molar-refractivity contribution in [3.05, 3.63) is 0 Å².